The van der Waals surface area contributed by atoms with Crippen LogP contribution in [0.25, 0.3) is 0 Å². The van der Waals surface area contributed by atoms with Crippen LogP contribution in [0.1, 0.15) is 34.9 Å². The first-order valence-electron chi connectivity index (χ1n) is 6.79. The lowest BCUT2D eigenvalue weighted by Gasteiger charge is -2.24. The second-order valence-electron chi connectivity index (χ2n) is 5.14. The Balaban J connectivity index is 0.00000176. The molecule has 0 radical (unpaired) electrons. The highest BCUT2D eigenvalue weighted by Crippen LogP contribution is 2.33. The molecule has 2 aromatic heterocycles. The van der Waals surface area contributed by atoms with Crippen LogP contribution in [0.2, 0.25) is 0 Å². The number of guanidine groups is 1. The first kappa shape index (κ1) is 16.0. The normalized spacial score (nSPS) is 18.4. The van der Waals surface area contributed by atoms with Crippen molar-refractivity contribution in [2.45, 2.75) is 25.7 Å². The predicted molar refractivity (Wildman–Crippen MR) is 88.3 cm³/mol. The largest absolute Gasteiger partial charge is 0.469 e. The Morgan fingerprint density at radius 2 is 2.14 bits per heavy atom. The highest BCUT2D eigenvalue weighted by atomic mass is 35.5. The molecule has 0 saturated heterocycles. The summed E-state index contributed by atoms with van der Waals surface area (Å²) < 4.78 is 5.52. The number of rotatable bonds is 2. The van der Waals surface area contributed by atoms with E-state index in [1.165, 1.54) is 0 Å². The fourth-order valence-electron chi connectivity index (χ4n) is 2.74. The maximum absolute atomic E-state index is 5.52. The van der Waals surface area contributed by atoms with E-state index in [4.69, 9.17) is 15.9 Å². The molecule has 0 aliphatic heterocycles. The van der Waals surface area contributed by atoms with E-state index in [1.807, 2.05) is 31.3 Å². The molecule has 1 aliphatic carbocycles. The number of nitrogens with two attached hydrogens (primary N) is 2. The SMILES string of the molecule is Cc1ccnc2c1C(=NN=C(N)N)CC(c1ccco1)C2.Cl. The lowest BCUT2D eigenvalue weighted by atomic mass is 9.82. The van der Waals surface area contributed by atoms with E-state index in [2.05, 4.69) is 15.2 Å². The standard InChI is InChI=1S/C15H17N5O.ClH/c1-9-4-5-18-11-7-10(13-3-2-6-21-13)8-12(14(9)11)19-20-15(16)17;/h2-6,10H,7-8H2,1H3,(H4,16,17,20);1H. The van der Waals surface area contributed by atoms with Crippen molar-refractivity contribution in [3.8, 4) is 0 Å². The van der Waals surface area contributed by atoms with Crippen LogP contribution >= 0.6 is 12.4 Å². The number of pyridine rings is 1. The summed E-state index contributed by atoms with van der Waals surface area (Å²) in [6.07, 6.45) is 5.05. The molecule has 2 aromatic rings. The van der Waals surface area contributed by atoms with E-state index < -0.39 is 0 Å². The average Bonchev–Trinajstić information content (AvgIpc) is 2.98. The zero-order valence-electron chi connectivity index (χ0n) is 12.2. The van der Waals surface area contributed by atoms with Crippen molar-refractivity contribution in [2.24, 2.45) is 21.7 Å². The first-order valence-corrected chi connectivity index (χ1v) is 6.79. The molecule has 2 heterocycles. The molecule has 0 amide bonds. The highest BCUT2D eigenvalue weighted by molar-refractivity contribution is 6.04. The van der Waals surface area contributed by atoms with Gasteiger partial charge in [-0.2, -0.15) is 5.10 Å². The van der Waals surface area contributed by atoms with Crippen LogP contribution < -0.4 is 11.5 Å². The average molecular weight is 320 g/mol. The van der Waals surface area contributed by atoms with Crippen molar-refractivity contribution in [2.75, 3.05) is 0 Å². The Bertz CT molecular complexity index is 705. The molecule has 1 unspecified atom stereocenters. The third-order valence-electron chi connectivity index (χ3n) is 3.64. The van der Waals surface area contributed by atoms with Crippen molar-refractivity contribution < 1.29 is 4.42 Å². The van der Waals surface area contributed by atoms with Gasteiger partial charge in [-0.25, -0.2) is 0 Å². The van der Waals surface area contributed by atoms with Gasteiger partial charge in [-0.05, 0) is 30.7 Å². The topological polar surface area (TPSA) is 103 Å². The molecule has 0 aromatic carbocycles. The van der Waals surface area contributed by atoms with Crippen LogP contribution in [0.3, 0.4) is 0 Å². The van der Waals surface area contributed by atoms with E-state index in [1.54, 1.807) is 6.26 Å². The molecule has 4 N–H and O–H groups in total. The third kappa shape index (κ3) is 3.12. The number of aryl methyl sites for hydroxylation is 1. The number of halogens is 1. The summed E-state index contributed by atoms with van der Waals surface area (Å²) in [4.78, 5) is 4.48. The van der Waals surface area contributed by atoms with Gasteiger partial charge in [0.25, 0.3) is 0 Å². The van der Waals surface area contributed by atoms with Gasteiger partial charge in [-0.3, -0.25) is 4.98 Å². The zero-order chi connectivity index (χ0) is 14.8. The van der Waals surface area contributed by atoms with Crippen molar-refractivity contribution >= 4 is 24.1 Å². The Hall–Kier alpha value is -2.34. The lowest BCUT2D eigenvalue weighted by molar-refractivity contribution is 0.458. The first-order chi connectivity index (χ1) is 10.1. The van der Waals surface area contributed by atoms with Crippen LogP contribution in [0.4, 0.5) is 0 Å². The van der Waals surface area contributed by atoms with E-state index in [0.29, 0.717) is 0 Å². The molecule has 3 rings (SSSR count). The highest BCUT2D eigenvalue weighted by Gasteiger charge is 2.28. The van der Waals surface area contributed by atoms with Gasteiger partial charge in [0, 0.05) is 30.5 Å². The molecular formula is C15H18ClN5O. The molecule has 0 fully saturated rings. The maximum atomic E-state index is 5.52. The summed E-state index contributed by atoms with van der Waals surface area (Å²) >= 11 is 0. The molecule has 0 saturated carbocycles. The second kappa shape index (κ2) is 6.62. The maximum Gasteiger partial charge on any atom is 0.211 e. The number of nitrogens with zero attached hydrogens (tertiary/aromatic N) is 3. The van der Waals surface area contributed by atoms with E-state index in [-0.39, 0.29) is 24.3 Å². The van der Waals surface area contributed by atoms with E-state index >= 15 is 0 Å². The molecule has 1 atom stereocenters. The summed E-state index contributed by atoms with van der Waals surface area (Å²) in [7, 11) is 0. The number of aromatic nitrogens is 1. The summed E-state index contributed by atoms with van der Waals surface area (Å²) in [6, 6.07) is 5.84. The number of hydrogen-bond donors (Lipinski definition) is 2. The van der Waals surface area contributed by atoms with Gasteiger partial charge in [0.05, 0.1) is 17.7 Å². The van der Waals surface area contributed by atoms with Gasteiger partial charge < -0.3 is 15.9 Å². The van der Waals surface area contributed by atoms with Gasteiger partial charge in [0.15, 0.2) is 0 Å². The molecule has 22 heavy (non-hydrogen) atoms. The van der Waals surface area contributed by atoms with Crippen LogP contribution in [0.15, 0.2) is 45.3 Å². The quantitative estimate of drug-likeness (QED) is 0.502. The van der Waals surface area contributed by atoms with Crippen LogP contribution in [-0.4, -0.2) is 16.7 Å². The summed E-state index contributed by atoms with van der Waals surface area (Å²) in [5.74, 6) is 1.09. The predicted octanol–water partition coefficient (Wildman–Crippen LogP) is 2.11. The van der Waals surface area contributed by atoms with E-state index in [0.717, 1.165) is 41.1 Å². The second-order valence-corrected chi connectivity index (χ2v) is 5.14. The van der Waals surface area contributed by atoms with Crippen molar-refractivity contribution in [3.63, 3.8) is 0 Å². The summed E-state index contributed by atoms with van der Waals surface area (Å²) in [5, 5.41) is 8.02. The molecule has 0 bridgehead atoms. The molecule has 6 nitrogen and oxygen atoms in total. The summed E-state index contributed by atoms with van der Waals surface area (Å²) in [5.41, 5.74) is 14.8. The molecule has 0 spiro atoms. The number of fused-ring (bicyclic) bond motifs is 1. The smallest absolute Gasteiger partial charge is 0.211 e. The fourth-order valence-corrected chi connectivity index (χ4v) is 2.74. The monoisotopic (exact) mass is 319 g/mol. The van der Waals surface area contributed by atoms with Crippen LogP contribution in [-0.2, 0) is 6.42 Å². The Morgan fingerprint density at radius 1 is 1.32 bits per heavy atom. The number of hydrogen-bond acceptors (Lipinski definition) is 4. The Kier molecular flexibility index (Phi) is 4.82. The lowest BCUT2D eigenvalue weighted by Crippen LogP contribution is -2.24. The van der Waals surface area contributed by atoms with Gasteiger partial charge in [0.1, 0.15) is 5.76 Å². The van der Waals surface area contributed by atoms with Gasteiger partial charge in [0.2, 0.25) is 5.96 Å². The van der Waals surface area contributed by atoms with Gasteiger partial charge in [-0.15, -0.1) is 17.5 Å². The fraction of sp³-hybridized carbons (Fsp3) is 0.267. The van der Waals surface area contributed by atoms with Gasteiger partial charge >= 0.3 is 0 Å². The van der Waals surface area contributed by atoms with Crippen LogP contribution in [0.5, 0.6) is 0 Å². The molecular weight excluding hydrogens is 302 g/mol. The molecule has 7 heteroatoms. The third-order valence-corrected chi connectivity index (χ3v) is 3.64. The minimum Gasteiger partial charge on any atom is -0.469 e. The van der Waals surface area contributed by atoms with E-state index in [9.17, 15) is 0 Å². The Morgan fingerprint density at radius 3 is 2.82 bits per heavy atom. The minimum atomic E-state index is -0.0503. The van der Waals surface area contributed by atoms with Crippen molar-refractivity contribution in [1.29, 1.82) is 0 Å². The molecule has 116 valence electrons. The van der Waals surface area contributed by atoms with Gasteiger partial charge in [-0.1, -0.05) is 0 Å². The Labute approximate surface area is 134 Å². The van der Waals surface area contributed by atoms with Crippen molar-refractivity contribution in [3.05, 3.63) is 53.2 Å². The summed E-state index contributed by atoms with van der Waals surface area (Å²) in [6.45, 7) is 2.04. The number of furan rings is 1. The molecule has 1 aliphatic rings. The minimum absolute atomic E-state index is 0. The van der Waals surface area contributed by atoms with Crippen molar-refractivity contribution in [1.82, 2.24) is 4.98 Å². The van der Waals surface area contributed by atoms with Crippen LogP contribution in [0, 0.1) is 6.92 Å². The zero-order valence-corrected chi connectivity index (χ0v) is 13.0.